The fraction of sp³-hybridized carbons (Fsp3) is 0.812. The van der Waals surface area contributed by atoms with Crippen LogP contribution >= 0.6 is 11.3 Å². The van der Waals surface area contributed by atoms with Gasteiger partial charge in [0.25, 0.3) is 0 Å². The van der Waals surface area contributed by atoms with E-state index >= 15 is 0 Å². The molecule has 1 saturated carbocycles. The smallest absolute Gasteiger partial charge is 0.0936 e. The molecule has 106 valence electrons. The predicted molar refractivity (Wildman–Crippen MR) is 82.0 cm³/mol. The average Bonchev–Trinajstić information content (AvgIpc) is 3.04. The third kappa shape index (κ3) is 3.57. The van der Waals surface area contributed by atoms with Crippen LogP contribution < -0.4 is 5.32 Å². The average molecular weight is 278 g/mol. The maximum atomic E-state index is 4.99. The molecule has 0 aliphatic heterocycles. The van der Waals surface area contributed by atoms with Crippen molar-refractivity contribution >= 4 is 11.3 Å². The van der Waals surface area contributed by atoms with Gasteiger partial charge in [0.05, 0.1) is 10.7 Å². The van der Waals surface area contributed by atoms with Crippen LogP contribution in [0.25, 0.3) is 0 Å². The lowest BCUT2D eigenvalue weighted by molar-refractivity contribution is 0.409. The van der Waals surface area contributed by atoms with Crippen LogP contribution in [0.3, 0.4) is 0 Å². The van der Waals surface area contributed by atoms with E-state index in [0.717, 1.165) is 19.0 Å². The van der Waals surface area contributed by atoms with E-state index in [1.165, 1.54) is 42.8 Å². The lowest BCUT2D eigenvalue weighted by Crippen LogP contribution is -2.25. The first kappa shape index (κ1) is 13.6. The van der Waals surface area contributed by atoms with Crippen LogP contribution in [0.5, 0.6) is 0 Å². The van der Waals surface area contributed by atoms with Gasteiger partial charge in [-0.15, -0.1) is 11.3 Å². The summed E-state index contributed by atoms with van der Waals surface area (Å²) in [7, 11) is 0. The number of aryl methyl sites for hydroxylation is 1. The molecule has 2 aliphatic rings. The molecule has 0 radical (unpaired) electrons. The van der Waals surface area contributed by atoms with E-state index in [4.69, 9.17) is 4.98 Å². The zero-order valence-electron chi connectivity index (χ0n) is 12.5. The van der Waals surface area contributed by atoms with Crippen LogP contribution in [0, 0.1) is 5.41 Å². The van der Waals surface area contributed by atoms with Crippen LogP contribution in [-0.4, -0.2) is 17.6 Å². The van der Waals surface area contributed by atoms with E-state index < -0.39 is 0 Å². The third-order valence-corrected chi connectivity index (χ3v) is 5.16. The maximum Gasteiger partial charge on any atom is 0.0936 e. The lowest BCUT2D eigenvalue weighted by Gasteiger charge is -2.21. The van der Waals surface area contributed by atoms with Crippen LogP contribution in [0.4, 0.5) is 0 Å². The van der Waals surface area contributed by atoms with Crippen molar-refractivity contribution in [3.8, 4) is 0 Å². The third-order valence-electron chi connectivity index (χ3n) is 4.03. The van der Waals surface area contributed by atoms with Crippen LogP contribution in [0.15, 0.2) is 0 Å². The van der Waals surface area contributed by atoms with Gasteiger partial charge >= 0.3 is 0 Å². The summed E-state index contributed by atoms with van der Waals surface area (Å²) in [6, 6.07) is 0.818. The first-order valence-corrected chi connectivity index (χ1v) is 8.55. The summed E-state index contributed by atoms with van der Waals surface area (Å²) in [6.07, 6.45) is 7.81. The molecule has 19 heavy (non-hydrogen) atoms. The van der Waals surface area contributed by atoms with Crippen LogP contribution in [0.1, 0.15) is 68.0 Å². The van der Waals surface area contributed by atoms with E-state index in [9.17, 15) is 0 Å². The molecule has 1 fully saturated rings. The number of nitrogens with one attached hydrogen (secondary N) is 1. The van der Waals surface area contributed by atoms with Gasteiger partial charge in [-0.2, -0.15) is 0 Å². The molecule has 1 aromatic rings. The SMILES string of the molecule is CC(C)(C)Cc1nc2c(s1)CCCC2CNC1CC1. The van der Waals surface area contributed by atoms with Gasteiger partial charge in [-0.1, -0.05) is 20.8 Å². The topological polar surface area (TPSA) is 24.9 Å². The van der Waals surface area contributed by atoms with Gasteiger partial charge in [0.1, 0.15) is 0 Å². The fourth-order valence-corrected chi connectivity index (χ4v) is 4.38. The van der Waals surface area contributed by atoms with Gasteiger partial charge < -0.3 is 5.32 Å². The van der Waals surface area contributed by atoms with Crippen LogP contribution in [0.2, 0.25) is 0 Å². The summed E-state index contributed by atoms with van der Waals surface area (Å²) < 4.78 is 0. The molecule has 3 heteroatoms. The Bertz CT molecular complexity index is 440. The summed E-state index contributed by atoms with van der Waals surface area (Å²) in [5.41, 5.74) is 1.78. The number of nitrogens with zero attached hydrogens (tertiary/aromatic N) is 1. The molecule has 1 aromatic heterocycles. The van der Waals surface area contributed by atoms with Crippen molar-refractivity contribution in [2.75, 3.05) is 6.54 Å². The molecule has 1 N–H and O–H groups in total. The first-order valence-electron chi connectivity index (χ1n) is 7.73. The minimum atomic E-state index is 0.349. The second-order valence-electron chi connectivity index (χ2n) is 7.43. The Morgan fingerprint density at radius 2 is 2.05 bits per heavy atom. The largest absolute Gasteiger partial charge is 0.313 e. The minimum absolute atomic E-state index is 0.349. The Kier molecular flexibility index (Phi) is 3.69. The molecule has 2 aliphatic carbocycles. The second kappa shape index (κ2) is 5.17. The quantitative estimate of drug-likeness (QED) is 0.903. The molecular weight excluding hydrogens is 252 g/mol. The van der Waals surface area contributed by atoms with Crippen molar-refractivity contribution in [2.45, 2.75) is 71.3 Å². The number of fused-ring (bicyclic) bond motifs is 1. The van der Waals surface area contributed by atoms with Gasteiger partial charge in [-0.25, -0.2) is 4.98 Å². The fourth-order valence-electron chi connectivity index (χ4n) is 2.88. The Hall–Kier alpha value is -0.410. The Labute approximate surface area is 121 Å². The molecular formula is C16H26N2S. The van der Waals surface area contributed by atoms with Crippen molar-refractivity contribution in [2.24, 2.45) is 5.41 Å². The molecule has 0 bridgehead atoms. The van der Waals surface area contributed by atoms with Crippen LogP contribution in [-0.2, 0) is 12.8 Å². The van der Waals surface area contributed by atoms with E-state index in [-0.39, 0.29) is 0 Å². The molecule has 0 amide bonds. The van der Waals surface area contributed by atoms with Crippen molar-refractivity contribution in [3.05, 3.63) is 15.6 Å². The Balaban J connectivity index is 1.71. The van der Waals surface area contributed by atoms with Crippen molar-refractivity contribution < 1.29 is 0 Å². The van der Waals surface area contributed by atoms with E-state index in [1.807, 2.05) is 11.3 Å². The highest BCUT2D eigenvalue weighted by Gasteiger charge is 2.28. The highest BCUT2D eigenvalue weighted by Crippen LogP contribution is 2.36. The van der Waals surface area contributed by atoms with Gasteiger partial charge in [0.2, 0.25) is 0 Å². The zero-order valence-corrected chi connectivity index (χ0v) is 13.3. The van der Waals surface area contributed by atoms with Gasteiger partial charge in [-0.05, 0) is 37.5 Å². The molecule has 3 rings (SSSR count). The molecule has 0 spiro atoms. The highest BCUT2D eigenvalue weighted by atomic mass is 32.1. The predicted octanol–water partition coefficient (Wildman–Crippen LogP) is 3.90. The summed E-state index contributed by atoms with van der Waals surface area (Å²) in [6.45, 7) is 8.06. The second-order valence-corrected chi connectivity index (χ2v) is 8.59. The van der Waals surface area contributed by atoms with E-state index in [2.05, 4.69) is 26.1 Å². The highest BCUT2D eigenvalue weighted by molar-refractivity contribution is 7.11. The maximum absolute atomic E-state index is 4.99. The molecule has 1 atom stereocenters. The Morgan fingerprint density at radius 3 is 2.74 bits per heavy atom. The summed E-state index contributed by atoms with van der Waals surface area (Å²) in [5, 5.41) is 5.05. The number of hydrogen-bond donors (Lipinski definition) is 1. The molecule has 2 nitrogen and oxygen atoms in total. The van der Waals surface area contributed by atoms with Gasteiger partial charge in [0.15, 0.2) is 0 Å². The standard InChI is InChI=1S/C16H26N2S/c1-16(2,3)9-14-18-15-11(10-17-12-7-8-12)5-4-6-13(15)19-14/h11-12,17H,4-10H2,1-3H3. The van der Waals surface area contributed by atoms with E-state index in [0.29, 0.717) is 11.3 Å². The van der Waals surface area contributed by atoms with E-state index in [1.54, 1.807) is 4.88 Å². The molecule has 1 unspecified atom stereocenters. The summed E-state index contributed by atoms with van der Waals surface area (Å²) in [4.78, 5) is 6.57. The minimum Gasteiger partial charge on any atom is -0.313 e. The van der Waals surface area contributed by atoms with Crippen molar-refractivity contribution in [1.82, 2.24) is 10.3 Å². The zero-order chi connectivity index (χ0) is 13.5. The molecule has 0 aromatic carbocycles. The first-order chi connectivity index (χ1) is 9.01. The monoisotopic (exact) mass is 278 g/mol. The summed E-state index contributed by atoms with van der Waals surface area (Å²) in [5.74, 6) is 0.675. The van der Waals surface area contributed by atoms with Gasteiger partial charge in [0, 0.05) is 29.8 Å². The van der Waals surface area contributed by atoms with Gasteiger partial charge in [-0.3, -0.25) is 0 Å². The van der Waals surface area contributed by atoms with Crippen molar-refractivity contribution in [1.29, 1.82) is 0 Å². The summed E-state index contributed by atoms with van der Waals surface area (Å²) >= 11 is 1.98. The Morgan fingerprint density at radius 1 is 1.26 bits per heavy atom. The number of hydrogen-bond acceptors (Lipinski definition) is 3. The number of rotatable bonds is 4. The molecule has 0 saturated heterocycles. The lowest BCUT2D eigenvalue weighted by atomic mass is 9.90. The normalized spacial score (nSPS) is 23.4. The molecule has 1 heterocycles. The number of aromatic nitrogens is 1. The number of thiazole rings is 1. The van der Waals surface area contributed by atoms with Crippen molar-refractivity contribution in [3.63, 3.8) is 0 Å².